The first kappa shape index (κ1) is 29.0. The standard InChI is InChI=1S/C48H38N2O/c1-47(2)37-19-11-8-16-32(37)33-24-22-30(26-38(33)47)49(29-14-6-5-7-15-29)31-23-25-42-39(27-31)48(3,4)40-28-36-34-17-10-13-21-43(34)51-46(36)44-35-18-9-12-20-41(35)50(42)45(40)44/h5-27,40H,28H2,1-4H3. The normalized spacial score (nSPS) is 17.1. The van der Waals surface area contributed by atoms with Crippen LogP contribution in [0.4, 0.5) is 17.1 Å². The van der Waals surface area contributed by atoms with Crippen LogP contribution >= 0.6 is 0 Å². The Morgan fingerprint density at radius 1 is 0.608 bits per heavy atom. The number of benzene rings is 6. The zero-order chi connectivity index (χ0) is 34.2. The molecule has 0 saturated carbocycles. The lowest BCUT2D eigenvalue weighted by Crippen LogP contribution is -2.37. The van der Waals surface area contributed by atoms with Crippen molar-refractivity contribution in [3.05, 3.63) is 167 Å². The molecule has 1 atom stereocenters. The van der Waals surface area contributed by atoms with E-state index in [1.165, 1.54) is 78.0 Å². The number of anilines is 3. The lowest BCUT2D eigenvalue weighted by atomic mass is 9.64. The summed E-state index contributed by atoms with van der Waals surface area (Å²) in [6.45, 7) is 9.64. The van der Waals surface area contributed by atoms with Crippen molar-refractivity contribution in [2.45, 2.75) is 50.9 Å². The van der Waals surface area contributed by atoms with Crippen LogP contribution in [0, 0.1) is 0 Å². The summed E-state index contributed by atoms with van der Waals surface area (Å²) in [6.07, 6.45) is 0.940. The highest BCUT2D eigenvalue weighted by Crippen LogP contribution is 2.59. The number of rotatable bonds is 3. The Morgan fingerprint density at radius 3 is 2.12 bits per heavy atom. The van der Waals surface area contributed by atoms with Crippen molar-refractivity contribution in [3.63, 3.8) is 0 Å². The molecule has 3 heteroatoms. The van der Waals surface area contributed by atoms with Gasteiger partial charge in [0.05, 0.1) is 5.52 Å². The maximum Gasteiger partial charge on any atom is 0.141 e. The van der Waals surface area contributed by atoms with Crippen LogP contribution in [-0.4, -0.2) is 4.57 Å². The molecule has 0 radical (unpaired) electrons. The predicted molar refractivity (Wildman–Crippen MR) is 210 cm³/mol. The van der Waals surface area contributed by atoms with Crippen molar-refractivity contribution in [1.29, 1.82) is 0 Å². The number of nitrogens with zero attached hydrogens (tertiary/aromatic N) is 2. The minimum Gasteiger partial charge on any atom is -0.456 e. The maximum absolute atomic E-state index is 6.71. The SMILES string of the molecule is CC1(C)c2ccccc2-c2ccc(N(c3ccccc3)c3ccc4c(c3)C(C)(C)C3Cc5c(oc6ccccc56)-c5c3n-4c3ccccc53)cc21. The van der Waals surface area contributed by atoms with Crippen LogP contribution in [0.1, 0.15) is 61.6 Å². The fourth-order valence-electron chi connectivity index (χ4n) is 9.91. The van der Waals surface area contributed by atoms with E-state index in [1.54, 1.807) is 0 Å². The van der Waals surface area contributed by atoms with Gasteiger partial charge in [-0.2, -0.15) is 0 Å². The fourth-order valence-corrected chi connectivity index (χ4v) is 9.91. The maximum atomic E-state index is 6.71. The molecule has 246 valence electrons. The van der Waals surface area contributed by atoms with E-state index in [9.17, 15) is 0 Å². The molecule has 11 rings (SSSR count). The highest BCUT2D eigenvalue weighted by molar-refractivity contribution is 6.04. The molecule has 2 aromatic heterocycles. The average Bonchev–Trinajstić information content (AvgIpc) is 3.77. The Hall–Kier alpha value is -5.80. The summed E-state index contributed by atoms with van der Waals surface area (Å²) in [5.41, 5.74) is 17.6. The zero-order valence-electron chi connectivity index (χ0n) is 29.4. The second kappa shape index (κ2) is 9.92. The van der Waals surface area contributed by atoms with E-state index < -0.39 is 0 Å². The molecule has 0 saturated heterocycles. The highest BCUT2D eigenvalue weighted by Gasteiger charge is 2.47. The summed E-state index contributed by atoms with van der Waals surface area (Å²) < 4.78 is 9.26. The molecule has 0 spiro atoms. The van der Waals surface area contributed by atoms with Crippen molar-refractivity contribution >= 4 is 38.9 Å². The largest absolute Gasteiger partial charge is 0.456 e. The Kier molecular flexibility index (Phi) is 5.64. The molecule has 8 aromatic rings. The number of hydrogen-bond acceptors (Lipinski definition) is 2. The third kappa shape index (κ3) is 3.73. The average molecular weight is 659 g/mol. The summed E-state index contributed by atoms with van der Waals surface area (Å²) in [6, 6.07) is 51.5. The first-order valence-corrected chi connectivity index (χ1v) is 18.2. The summed E-state index contributed by atoms with van der Waals surface area (Å²) in [7, 11) is 0. The molecule has 3 nitrogen and oxygen atoms in total. The van der Waals surface area contributed by atoms with Gasteiger partial charge in [-0.1, -0.05) is 113 Å². The molecule has 1 unspecified atom stereocenters. The molecular formula is C48H38N2O. The lowest BCUT2D eigenvalue weighted by Gasteiger charge is -2.44. The van der Waals surface area contributed by atoms with Crippen molar-refractivity contribution in [3.8, 4) is 28.1 Å². The first-order valence-electron chi connectivity index (χ1n) is 18.2. The molecule has 1 aliphatic heterocycles. The van der Waals surface area contributed by atoms with Gasteiger partial charge in [-0.15, -0.1) is 0 Å². The molecule has 3 aliphatic rings. The number of fused-ring (bicyclic) bond motifs is 12. The lowest BCUT2D eigenvalue weighted by molar-refractivity contribution is 0.378. The van der Waals surface area contributed by atoms with E-state index in [-0.39, 0.29) is 16.7 Å². The Labute approximate surface area is 298 Å². The number of furan rings is 1. The van der Waals surface area contributed by atoms with Gasteiger partial charge < -0.3 is 13.9 Å². The summed E-state index contributed by atoms with van der Waals surface area (Å²) >= 11 is 0. The van der Waals surface area contributed by atoms with Gasteiger partial charge in [-0.25, -0.2) is 0 Å². The fraction of sp³-hybridized carbons (Fsp3) is 0.167. The van der Waals surface area contributed by atoms with Crippen LogP contribution in [-0.2, 0) is 17.3 Å². The number of hydrogen-bond donors (Lipinski definition) is 0. The van der Waals surface area contributed by atoms with Crippen molar-refractivity contribution in [2.24, 2.45) is 0 Å². The van der Waals surface area contributed by atoms with E-state index in [1.807, 2.05) is 0 Å². The van der Waals surface area contributed by atoms with E-state index in [0.29, 0.717) is 0 Å². The van der Waals surface area contributed by atoms with Gasteiger partial charge in [0.15, 0.2) is 0 Å². The Morgan fingerprint density at radius 2 is 1.27 bits per heavy atom. The topological polar surface area (TPSA) is 21.3 Å². The van der Waals surface area contributed by atoms with E-state index in [2.05, 4.69) is 177 Å². The van der Waals surface area contributed by atoms with E-state index in [0.717, 1.165) is 23.5 Å². The van der Waals surface area contributed by atoms with Crippen molar-refractivity contribution < 1.29 is 4.42 Å². The van der Waals surface area contributed by atoms with Gasteiger partial charge in [0, 0.05) is 67.1 Å². The van der Waals surface area contributed by atoms with Crippen LogP contribution in [0.2, 0.25) is 0 Å². The third-order valence-electron chi connectivity index (χ3n) is 12.5. The Bertz CT molecular complexity index is 2740. The van der Waals surface area contributed by atoms with Gasteiger partial charge in [-0.05, 0) is 88.8 Å². The molecule has 0 fully saturated rings. The molecule has 51 heavy (non-hydrogen) atoms. The number of aromatic nitrogens is 1. The first-order chi connectivity index (χ1) is 24.8. The molecule has 0 bridgehead atoms. The van der Waals surface area contributed by atoms with Crippen LogP contribution in [0.5, 0.6) is 0 Å². The van der Waals surface area contributed by atoms with Gasteiger partial charge in [-0.3, -0.25) is 0 Å². The van der Waals surface area contributed by atoms with Gasteiger partial charge in [0.1, 0.15) is 11.3 Å². The van der Waals surface area contributed by atoms with E-state index >= 15 is 0 Å². The smallest absolute Gasteiger partial charge is 0.141 e. The van der Waals surface area contributed by atoms with Crippen LogP contribution in [0.3, 0.4) is 0 Å². The summed E-state index contributed by atoms with van der Waals surface area (Å²) in [5.74, 6) is 1.32. The van der Waals surface area contributed by atoms with Crippen molar-refractivity contribution in [1.82, 2.24) is 4.57 Å². The zero-order valence-corrected chi connectivity index (χ0v) is 29.4. The van der Waals surface area contributed by atoms with E-state index in [4.69, 9.17) is 4.42 Å². The molecular weight excluding hydrogens is 621 g/mol. The van der Waals surface area contributed by atoms with Crippen molar-refractivity contribution in [2.75, 3.05) is 4.90 Å². The number of para-hydroxylation sites is 3. The van der Waals surface area contributed by atoms with Gasteiger partial charge in [0.2, 0.25) is 0 Å². The second-order valence-electron chi connectivity index (χ2n) is 15.8. The van der Waals surface area contributed by atoms with Gasteiger partial charge >= 0.3 is 0 Å². The predicted octanol–water partition coefficient (Wildman–Crippen LogP) is 12.8. The molecule has 2 aliphatic carbocycles. The molecule has 0 N–H and O–H groups in total. The Balaban J connectivity index is 1.13. The second-order valence-corrected chi connectivity index (χ2v) is 15.8. The minimum atomic E-state index is -0.148. The monoisotopic (exact) mass is 658 g/mol. The minimum absolute atomic E-state index is 0.0805. The highest BCUT2D eigenvalue weighted by atomic mass is 16.3. The van der Waals surface area contributed by atoms with Crippen LogP contribution in [0.15, 0.2) is 144 Å². The summed E-state index contributed by atoms with van der Waals surface area (Å²) in [5, 5.41) is 2.50. The van der Waals surface area contributed by atoms with Crippen LogP contribution < -0.4 is 4.90 Å². The van der Waals surface area contributed by atoms with Crippen LogP contribution in [0.25, 0.3) is 50.0 Å². The molecule has 0 amide bonds. The van der Waals surface area contributed by atoms with Gasteiger partial charge in [0.25, 0.3) is 0 Å². The molecule has 6 aromatic carbocycles. The third-order valence-corrected chi connectivity index (χ3v) is 12.5. The molecule has 3 heterocycles. The quantitative estimate of drug-likeness (QED) is 0.188. The summed E-state index contributed by atoms with van der Waals surface area (Å²) in [4.78, 5) is 2.45.